The number of benzene rings is 3. The van der Waals surface area contributed by atoms with Crippen molar-refractivity contribution in [2.24, 2.45) is 5.92 Å². The average Bonchev–Trinajstić information content (AvgIpc) is 3.80. The number of ether oxygens (including phenoxy) is 2. The zero-order valence-electron chi connectivity index (χ0n) is 26.4. The van der Waals surface area contributed by atoms with E-state index in [0.717, 1.165) is 22.5 Å². The number of aromatic nitrogens is 5. The molecule has 4 heterocycles. The van der Waals surface area contributed by atoms with E-state index >= 15 is 0 Å². The highest BCUT2D eigenvalue weighted by Gasteiger charge is 2.64. The van der Waals surface area contributed by atoms with Crippen molar-refractivity contribution in [2.45, 2.75) is 56.7 Å². The summed E-state index contributed by atoms with van der Waals surface area (Å²) in [5, 5.41) is 26.0. The molecule has 1 spiro atoms. The van der Waals surface area contributed by atoms with E-state index in [-0.39, 0.29) is 35.6 Å². The number of carbonyl (C=O) groups excluding carboxylic acids is 1. The monoisotopic (exact) mass is 638 g/mol. The molecular formula is C34H38N6O5Si. The standard InChI is InChI=1S/C34H38N6O5Si/c1-21-31(46(3,4)25-12-10-24(44-2)11-13-25)30(15-17-39-20-22(16-18-41)36-38-39)45-34(21)27-19-23(9-14-29(27)35-33(34)43)40-32(42)26-7-5-6-8-28(26)37-40/h5-14,19-21,30-31,37,41H,15-18H2,1-4H3,(H,35,43)/t21-,30+,31-,34+/m1/s1. The number of anilines is 1. The van der Waals surface area contributed by atoms with E-state index in [1.54, 1.807) is 17.9 Å². The Balaban J connectivity index is 1.30. The molecule has 238 valence electrons. The second kappa shape index (κ2) is 11.4. The molecule has 12 heteroatoms. The fraction of sp³-hybridized carbons (Fsp3) is 0.353. The summed E-state index contributed by atoms with van der Waals surface area (Å²) in [7, 11) is -0.646. The Bertz CT molecular complexity index is 1980. The fourth-order valence-corrected chi connectivity index (χ4v) is 11.8. The first-order valence-electron chi connectivity index (χ1n) is 15.7. The van der Waals surface area contributed by atoms with Crippen LogP contribution in [0, 0.1) is 5.92 Å². The average molecular weight is 639 g/mol. The van der Waals surface area contributed by atoms with Crippen LogP contribution in [-0.2, 0) is 28.1 Å². The van der Waals surface area contributed by atoms with E-state index in [4.69, 9.17) is 9.47 Å². The van der Waals surface area contributed by atoms with Crippen LogP contribution >= 0.6 is 0 Å². The lowest BCUT2D eigenvalue weighted by Crippen LogP contribution is -2.51. The number of methoxy groups -OCH3 is 1. The Labute approximate surface area is 267 Å². The number of aliphatic hydroxyl groups is 1. The first-order chi connectivity index (χ1) is 22.2. The molecule has 0 radical (unpaired) electrons. The van der Waals surface area contributed by atoms with Gasteiger partial charge in [0, 0.05) is 42.9 Å². The molecular weight excluding hydrogens is 600 g/mol. The second-order valence-corrected chi connectivity index (χ2v) is 17.6. The molecule has 2 aliphatic heterocycles. The van der Waals surface area contributed by atoms with E-state index in [0.29, 0.717) is 36.1 Å². The van der Waals surface area contributed by atoms with E-state index in [2.05, 4.69) is 52.9 Å². The van der Waals surface area contributed by atoms with Gasteiger partial charge in [0.2, 0.25) is 0 Å². The maximum Gasteiger partial charge on any atom is 0.279 e. The molecule has 0 unspecified atom stereocenters. The molecule has 1 amide bonds. The summed E-state index contributed by atoms with van der Waals surface area (Å²) in [5.74, 6) is 0.429. The summed E-state index contributed by atoms with van der Waals surface area (Å²) in [6.45, 7) is 7.38. The number of hydrogen-bond acceptors (Lipinski definition) is 7. The minimum atomic E-state index is -2.31. The highest BCUT2D eigenvalue weighted by molar-refractivity contribution is 6.91. The van der Waals surface area contributed by atoms with Crippen molar-refractivity contribution in [3.8, 4) is 11.4 Å². The van der Waals surface area contributed by atoms with Crippen LogP contribution in [0.15, 0.2) is 77.7 Å². The number of aliphatic hydroxyl groups excluding tert-OH is 1. The lowest BCUT2D eigenvalue weighted by Gasteiger charge is -2.37. The van der Waals surface area contributed by atoms with Gasteiger partial charge in [-0.15, -0.1) is 5.10 Å². The molecule has 3 aromatic carbocycles. The van der Waals surface area contributed by atoms with Crippen LogP contribution in [0.3, 0.4) is 0 Å². The number of fused-ring (bicyclic) bond motifs is 3. The molecule has 1 fully saturated rings. The predicted molar refractivity (Wildman–Crippen MR) is 178 cm³/mol. The van der Waals surface area contributed by atoms with Crippen LogP contribution in [0.25, 0.3) is 16.6 Å². The van der Waals surface area contributed by atoms with Gasteiger partial charge in [0.1, 0.15) is 5.75 Å². The topological polar surface area (TPSA) is 136 Å². The van der Waals surface area contributed by atoms with Gasteiger partial charge in [-0.2, -0.15) is 0 Å². The maximum absolute atomic E-state index is 14.1. The van der Waals surface area contributed by atoms with Gasteiger partial charge in [0.15, 0.2) is 5.60 Å². The molecule has 46 heavy (non-hydrogen) atoms. The van der Waals surface area contributed by atoms with Crippen LogP contribution in [0.2, 0.25) is 18.6 Å². The van der Waals surface area contributed by atoms with Gasteiger partial charge in [0.25, 0.3) is 11.5 Å². The number of hydrogen-bond donors (Lipinski definition) is 3. The second-order valence-electron chi connectivity index (χ2n) is 12.9. The molecule has 0 aliphatic carbocycles. The maximum atomic E-state index is 14.1. The fourth-order valence-electron chi connectivity index (χ4n) is 7.71. The summed E-state index contributed by atoms with van der Waals surface area (Å²) in [6.07, 6.45) is 2.65. The largest absolute Gasteiger partial charge is 0.497 e. The van der Waals surface area contributed by atoms with E-state index in [9.17, 15) is 14.7 Å². The van der Waals surface area contributed by atoms with E-state index in [1.165, 1.54) is 9.87 Å². The third kappa shape index (κ3) is 4.70. The van der Waals surface area contributed by atoms with Gasteiger partial charge in [-0.25, -0.2) is 4.68 Å². The SMILES string of the molecule is COc1ccc([Si](C)(C)[C@H]2[C@H](CCn3cc(CCO)nn3)O[C@@]3(C(=O)Nc4ccc(-n5[nH]c6ccccc6c5=O)cc43)[C@@H]2C)cc1. The molecule has 5 aromatic rings. The van der Waals surface area contributed by atoms with Crippen molar-refractivity contribution < 1.29 is 19.4 Å². The molecule has 2 aliphatic rings. The molecule has 1 saturated heterocycles. The van der Waals surface area contributed by atoms with Gasteiger partial charge in [-0.3, -0.25) is 19.4 Å². The van der Waals surface area contributed by atoms with Crippen LogP contribution in [0.1, 0.15) is 24.6 Å². The number of nitrogens with one attached hydrogen (secondary N) is 2. The Morgan fingerprint density at radius 3 is 2.61 bits per heavy atom. The minimum absolute atomic E-state index is 0.00926. The zero-order valence-corrected chi connectivity index (χ0v) is 27.4. The van der Waals surface area contributed by atoms with Gasteiger partial charge in [-0.05, 0) is 54.4 Å². The van der Waals surface area contributed by atoms with Crippen LogP contribution < -0.4 is 20.8 Å². The lowest BCUT2D eigenvalue weighted by molar-refractivity contribution is -0.143. The lowest BCUT2D eigenvalue weighted by atomic mass is 9.82. The van der Waals surface area contributed by atoms with Crippen molar-refractivity contribution in [1.29, 1.82) is 0 Å². The first-order valence-corrected chi connectivity index (χ1v) is 18.7. The van der Waals surface area contributed by atoms with Crippen molar-refractivity contribution in [3.05, 3.63) is 94.5 Å². The van der Waals surface area contributed by atoms with Crippen LogP contribution in [0.5, 0.6) is 5.75 Å². The number of rotatable bonds is 9. The first kappa shape index (κ1) is 30.1. The van der Waals surface area contributed by atoms with Crippen molar-refractivity contribution in [2.75, 3.05) is 19.0 Å². The molecule has 2 aromatic heterocycles. The summed E-state index contributed by atoms with van der Waals surface area (Å²) in [5.41, 5.74) is 2.20. The van der Waals surface area contributed by atoms with Gasteiger partial charge in [-0.1, -0.05) is 54.7 Å². The Morgan fingerprint density at radius 2 is 1.87 bits per heavy atom. The highest BCUT2D eigenvalue weighted by Crippen LogP contribution is 2.58. The summed E-state index contributed by atoms with van der Waals surface area (Å²) in [4.78, 5) is 27.5. The zero-order chi connectivity index (χ0) is 32.2. The van der Waals surface area contributed by atoms with Gasteiger partial charge in [0.05, 0.1) is 43.6 Å². The van der Waals surface area contributed by atoms with Crippen LogP contribution in [0.4, 0.5) is 5.69 Å². The van der Waals surface area contributed by atoms with Crippen molar-refractivity contribution in [1.82, 2.24) is 24.8 Å². The quantitative estimate of drug-likeness (QED) is 0.210. The summed E-state index contributed by atoms with van der Waals surface area (Å²) >= 11 is 0. The summed E-state index contributed by atoms with van der Waals surface area (Å²) < 4.78 is 15.8. The smallest absolute Gasteiger partial charge is 0.279 e. The number of para-hydroxylation sites is 1. The number of aromatic amines is 1. The number of nitrogens with zero attached hydrogens (tertiary/aromatic N) is 4. The third-order valence-electron chi connectivity index (χ3n) is 10.0. The van der Waals surface area contributed by atoms with Crippen molar-refractivity contribution >= 4 is 35.8 Å². The number of amides is 1. The Hall–Kier alpha value is -4.52. The summed E-state index contributed by atoms with van der Waals surface area (Å²) in [6, 6.07) is 21.3. The Morgan fingerprint density at radius 1 is 1.09 bits per heavy atom. The predicted octanol–water partition coefficient (Wildman–Crippen LogP) is 3.71. The minimum Gasteiger partial charge on any atom is -0.497 e. The highest BCUT2D eigenvalue weighted by atomic mass is 28.3. The van der Waals surface area contributed by atoms with Crippen LogP contribution in [-0.4, -0.2) is 63.7 Å². The third-order valence-corrected chi connectivity index (χ3v) is 14.4. The molecule has 11 nitrogen and oxygen atoms in total. The van der Waals surface area contributed by atoms with Gasteiger partial charge < -0.3 is 19.9 Å². The van der Waals surface area contributed by atoms with E-state index in [1.807, 2.05) is 54.7 Å². The number of aryl methyl sites for hydroxylation is 1. The number of carbonyl (C=O) groups is 1. The van der Waals surface area contributed by atoms with E-state index < -0.39 is 13.7 Å². The number of H-pyrrole nitrogens is 1. The molecule has 7 rings (SSSR count). The molecule has 4 atom stereocenters. The normalized spacial score (nSPS) is 22.5. The van der Waals surface area contributed by atoms with Crippen molar-refractivity contribution in [3.63, 3.8) is 0 Å². The van der Waals surface area contributed by atoms with Gasteiger partial charge >= 0.3 is 0 Å². The molecule has 0 saturated carbocycles. The molecule has 3 N–H and O–H groups in total. The Kier molecular flexibility index (Phi) is 7.45. The molecule has 0 bridgehead atoms.